The van der Waals surface area contributed by atoms with Crippen molar-refractivity contribution in [2.75, 3.05) is 0 Å². The number of nitrogens with zero attached hydrogens (tertiary/aromatic N) is 2. The molecule has 2 aromatic rings. The van der Waals surface area contributed by atoms with Crippen LogP contribution in [0, 0.1) is 3.57 Å². The maximum Gasteiger partial charge on any atom is 0.275 e. The summed E-state index contributed by atoms with van der Waals surface area (Å²) in [6.45, 7) is 1.75. The first-order chi connectivity index (χ1) is 9.58. The fraction of sp³-hybridized carbons (Fsp3) is 0.0714. The van der Waals surface area contributed by atoms with Crippen molar-refractivity contribution in [3.8, 4) is 5.75 Å². The number of rotatable bonds is 3. The van der Waals surface area contributed by atoms with E-state index in [-0.39, 0.29) is 11.3 Å². The van der Waals surface area contributed by atoms with Crippen LogP contribution in [0.4, 0.5) is 0 Å². The molecule has 0 atom stereocenters. The summed E-state index contributed by atoms with van der Waals surface area (Å²) in [6.07, 6.45) is 1.65. The van der Waals surface area contributed by atoms with Crippen molar-refractivity contribution in [3.05, 3.63) is 57.4 Å². The van der Waals surface area contributed by atoms with E-state index in [1.807, 2.05) is 6.07 Å². The molecule has 2 rings (SSSR count). The first-order valence-corrected chi connectivity index (χ1v) is 6.90. The second-order valence-electron chi connectivity index (χ2n) is 4.01. The quantitative estimate of drug-likeness (QED) is 0.488. The summed E-state index contributed by atoms with van der Waals surface area (Å²) < 4.78 is 0.857. The van der Waals surface area contributed by atoms with Crippen LogP contribution < -0.4 is 5.43 Å². The molecule has 5 nitrogen and oxygen atoms in total. The highest BCUT2D eigenvalue weighted by Crippen LogP contribution is 2.19. The zero-order valence-corrected chi connectivity index (χ0v) is 12.8. The number of aromatic nitrogens is 1. The zero-order chi connectivity index (χ0) is 14.5. The van der Waals surface area contributed by atoms with Crippen molar-refractivity contribution in [3.63, 3.8) is 0 Å². The van der Waals surface area contributed by atoms with Gasteiger partial charge in [0.25, 0.3) is 5.91 Å². The van der Waals surface area contributed by atoms with E-state index in [4.69, 9.17) is 0 Å². The van der Waals surface area contributed by atoms with Crippen LogP contribution in [0.3, 0.4) is 0 Å². The Morgan fingerprint density at radius 3 is 2.85 bits per heavy atom. The lowest BCUT2D eigenvalue weighted by Crippen LogP contribution is -2.19. The molecule has 20 heavy (non-hydrogen) atoms. The van der Waals surface area contributed by atoms with Gasteiger partial charge < -0.3 is 5.11 Å². The summed E-state index contributed by atoms with van der Waals surface area (Å²) in [5.74, 6) is -0.537. The summed E-state index contributed by atoms with van der Waals surface area (Å²) in [7, 11) is 0. The van der Waals surface area contributed by atoms with Gasteiger partial charge in [-0.3, -0.25) is 9.78 Å². The number of carbonyl (C=O) groups excluding carboxylic acids is 1. The Hall–Kier alpha value is -1.96. The van der Waals surface area contributed by atoms with Crippen molar-refractivity contribution in [1.29, 1.82) is 0 Å². The standard InChI is InChI=1S/C14H12IN3O2/c1-9(12-4-2-3-7-16-12)17-18-14(20)11-8-10(15)5-6-13(11)19/h2-8,19H,1H3,(H,18,20). The van der Waals surface area contributed by atoms with Gasteiger partial charge in [0, 0.05) is 9.77 Å². The Bertz CT molecular complexity index is 657. The van der Waals surface area contributed by atoms with Gasteiger partial charge in [-0.1, -0.05) is 6.07 Å². The fourth-order valence-corrected chi connectivity index (χ4v) is 2.01. The Labute approximate surface area is 129 Å². The second kappa shape index (κ2) is 6.47. The topological polar surface area (TPSA) is 74.6 Å². The van der Waals surface area contributed by atoms with Crippen LogP contribution in [0.15, 0.2) is 47.7 Å². The number of phenolic OH excluding ortho intramolecular Hbond substituents is 1. The molecule has 6 heteroatoms. The SMILES string of the molecule is CC(=NNC(=O)c1cc(I)ccc1O)c1ccccn1. The van der Waals surface area contributed by atoms with Gasteiger partial charge >= 0.3 is 0 Å². The number of halogens is 1. The van der Waals surface area contributed by atoms with E-state index in [0.29, 0.717) is 11.4 Å². The molecule has 1 heterocycles. The lowest BCUT2D eigenvalue weighted by atomic mass is 10.2. The van der Waals surface area contributed by atoms with Crippen LogP contribution in [0.1, 0.15) is 23.0 Å². The van der Waals surface area contributed by atoms with Crippen LogP contribution in [-0.4, -0.2) is 21.7 Å². The smallest absolute Gasteiger partial charge is 0.275 e. The number of hydrazone groups is 1. The molecular weight excluding hydrogens is 369 g/mol. The predicted molar refractivity (Wildman–Crippen MR) is 84.7 cm³/mol. The number of aromatic hydroxyl groups is 1. The van der Waals surface area contributed by atoms with Crippen LogP contribution in [0.25, 0.3) is 0 Å². The summed E-state index contributed by atoms with van der Waals surface area (Å²) in [5.41, 5.74) is 3.87. The molecule has 0 bridgehead atoms. The third-order valence-electron chi connectivity index (χ3n) is 2.56. The molecule has 0 fully saturated rings. The highest BCUT2D eigenvalue weighted by Gasteiger charge is 2.11. The first-order valence-electron chi connectivity index (χ1n) is 5.82. The molecule has 0 saturated heterocycles. The molecule has 0 spiro atoms. The lowest BCUT2D eigenvalue weighted by molar-refractivity contribution is 0.0952. The Kier molecular flexibility index (Phi) is 4.67. The number of carbonyl (C=O) groups is 1. The summed E-state index contributed by atoms with van der Waals surface area (Å²) in [4.78, 5) is 16.1. The average Bonchev–Trinajstić information content (AvgIpc) is 2.47. The molecule has 1 amide bonds. The molecular formula is C14H12IN3O2. The Balaban J connectivity index is 2.14. The van der Waals surface area contributed by atoms with E-state index in [0.717, 1.165) is 3.57 Å². The monoisotopic (exact) mass is 381 g/mol. The Morgan fingerprint density at radius 2 is 2.15 bits per heavy atom. The average molecular weight is 381 g/mol. The van der Waals surface area contributed by atoms with Gasteiger partial charge in [-0.2, -0.15) is 5.10 Å². The third kappa shape index (κ3) is 3.53. The Morgan fingerprint density at radius 1 is 1.35 bits per heavy atom. The maximum atomic E-state index is 12.0. The lowest BCUT2D eigenvalue weighted by Gasteiger charge is -2.05. The van der Waals surface area contributed by atoms with Gasteiger partial charge in [-0.05, 0) is 59.8 Å². The van der Waals surface area contributed by atoms with Crippen LogP contribution in [-0.2, 0) is 0 Å². The van der Waals surface area contributed by atoms with Gasteiger partial charge in [0.1, 0.15) is 5.75 Å². The summed E-state index contributed by atoms with van der Waals surface area (Å²) in [5, 5.41) is 13.6. The van der Waals surface area contributed by atoms with E-state index in [9.17, 15) is 9.90 Å². The van der Waals surface area contributed by atoms with Crippen molar-refractivity contribution < 1.29 is 9.90 Å². The van der Waals surface area contributed by atoms with E-state index in [1.54, 1.807) is 37.4 Å². The number of nitrogens with one attached hydrogen (secondary N) is 1. The van der Waals surface area contributed by atoms with Crippen LogP contribution in [0.5, 0.6) is 5.75 Å². The van der Waals surface area contributed by atoms with E-state index < -0.39 is 5.91 Å². The molecule has 0 aliphatic carbocycles. The largest absolute Gasteiger partial charge is 0.507 e. The molecule has 1 aromatic carbocycles. The van der Waals surface area contributed by atoms with Crippen molar-refractivity contribution in [1.82, 2.24) is 10.4 Å². The molecule has 0 unspecified atom stereocenters. The number of benzene rings is 1. The summed E-state index contributed by atoms with van der Waals surface area (Å²) in [6, 6.07) is 10.2. The van der Waals surface area contributed by atoms with Gasteiger partial charge in [0.05, 0.1) is 17.0 Å². The second-order valence-corrected chi connectivity index (χ2v) is 5.26. The van der Waals surface area contributed by atoms with E-state index in [1.165, 1.54) is 6.07 Å². The van der Waals surface area contributed by atoms with E-state index >= 15 is 0 Å². The number of hydrogen-bond donors (Lipinski definition) is 2. The maximum absolute atomic E-state index is 12.0. The van der Waals surface area contributed by atoms with Gasteiger partial charge in [-0.15, -0.1) is 0 Å². The molecule has 0 saturated carbocycles. The van der Waals surface area contributed by atoms with Crippen molar-refractivity contribution in [2.24, 2.45) is 5.10 Å². The number of hydrogen-bond acceptors (Lipinski definition) is 4. The minimum absolute atomic E-state index is 0.0754. The highest BCUT2D eigenvalue weighted by atomic mass is 127. The van der Waals surface area contributed by atoms with Gasteiger partial charge in [0.15, 0.2) is 0 Å². The fourth-order valence-electron chi connectivity index (χ4n) is 1.52. The minimum atomic E-state index is -0.462. The number of phenols is 1. The first kappa shape index (κ1) is 14.4. The number of amides is 1. The molecule has 1 aromatic heterocycles. The molecule has 0 radical (unpaired) electrons. The molecule has 102 valence electrons. The minimum Gasteiger partial charge on any atom is -0.507 e. The molecule has 0 aliphatic rings. The molecule has 0 aliphatic heterocycles. The number of pyridine rings is 1. The highest BCUT2D eigenvalue weighted by molar-refractivity contribution is 14.1. The molecule has 2 N–H and O–H groups in total. The third-order valence-corrected chi connectivity index (χ3v) is 3.23. The summed E-state index contributed by atoms with van der Waals surface area (Å²) >= 11 is 2.07. The zero-order valence-electron chi connectivity index (χ0n) is 10.7. The van der Waals surface area contributed by atoms with Crippen molar-refractivity contribution in [2.45, 2.75) is 6.92 Å². The van der Waals surface area contributed by atoms with Gasteiger partial charge in [-0.25, -0.2) is 5.43 Å². The van der Waals surface area contributed by atoms with Crippen LogP contribution in [0.2, 0.25) is 0 Å². The van der Waals surface area contributed by atoms with Gasteiger partial charge in [0.2, 0.25) is 0 Å². The van der Waals surface area contributed by atoms with E-state index in [2.05, 4.69) is 38.1 Å². The van der Waals surface area contributed by atoms with Crippen LogP contribution >= 0.6 is 22.6 Å². The normalized spacial score (nSPS) is 11.2. The predicted octanol–water partition coefficient (Wildman–Crippen LogP) is 2.55. The van der Waals surface area contributed by atoms with Crippen molar-refractivity contribution >= 4 is 34.2 Å².